The van der Waals surface area contributed by atoms with Crippen molar-refractivity contribution in [2.24, 2.45) is 5.92 Å². The van der Waals surface area contributed by atoms with Gasteiger partial charge in [-0.1, -0.05) is 12.1 Å². The molecule has 0 N–H and O–H groups in total. The highest BCUT2D eigenvalue weighted by Gasteiger charge is 2.33. The molecule has 0 aliphatic carbocycles. The van der Waals surface area contributed by atoms with E-state index in [-0.39, 0.29) is 29.9 Å². The number of nitrogens with zero attached hydrogens (tertiary/aromatic N) is 1. The molecule has 1 aliphatic heterocycles. The van der Waals surface area contributed by atoms with Crippen molar-refractivity contribution in [1.29, 1.82) is 0 Å². The summed E-state index contributed by atoms with van der Waals surface area (Å²) in [5.41, 5.74) is 2.88. The third-order valence-corrected chi connectivity index (χ3v) is 7.23. The molecule has 1 fully saturated rings. The summed E-state index contributed by atoms with van der Waals surface area (Å²) in [6.45, 7) is 6.23. The first-order chi connectivity index (χ1) is 13.2. The largest absolute Gasteiger partial charge is 0.426 e. The molecule has 0 radical (unpaired) electrons. The molecule has 0 amide bonds. The van der Waals surface area contributed by atoms with Crippen LogP contribution in [0.3, 0.4) is 0 Å². The average Bonchev–Trinajstić information content (AvgIpc) is 2.68. The van der Waals surface area contributed by atoms with E-state index < -0.39 is 15.8 Å². The van der Waals surface area contributed by atoms with Crippen molar-refractivity contribution < 1.29 is 22.3 Å². The Balaban J connectivity index is 1.66. The second-order valence-electron chi connectivity index (χ2n) is 7.21. The molecule has 1 aliphatic rings. The van der Waals surface area contributed by atoms with Gasteiger partial charge in [-0.05, 0) is 74.6 Å². The summed E-state index contributed by atoms with van der Waals surface area (Å²) in [6.07, 6.45) is 0.784. The van der Waals surface area contributed by atoms with Gasteiger partial charge in [0, 0.05) is 13.1 Å². The number of rotatable bonds is 4. The van der Waals surface area contributed by atoms with Crippen LogP contribution >= 0.6 is 0 Å². The molecule has 28 heavy (non-hydrogen) atoms. The van der Waals surface area contributed by atoms with Crippen LogP contribution in [0.15, 0.2) is 41.3 Å². The number of benzene rings is 2. The third kappa shape index (κ3) is 4.10. The van der Waals surface area contributed by atoms with Crippen molar-refractivity contribution in [2.45, 2.75) is 38.5 Å². The molecule has 1 saturated heterocycles. The van der Waals surface area contributed by atoms with Gasteiger partial charge in [-0.15, -0.1) is 0 Å². The van der Waals surface area contributed by atoms with Gasteiger partial charge in [0.15, 0.2) is 0 Å². The van der Waals surface area contributed by atoms with Crippen LogP contribution in [0.2, 0.25) is 0 Å². The second-order valence-corrected chi connectivity index (χ2v) is 9.14. The minimum Gasteiger partial charge on any atom is -0.426 e. The number of halogens is 1. The van der Waals surface area contributed by atoms with Crippen molar-refractivity contribution >= 4 is 16.0 Å². The Bertz CT molecular complexity index is 978. The third-order valence-electron chi connectivity index (χ3n) is 5.31. The van der Waals surface area contributed by atoms with E-state index in [1.807, 2.05) is 32.9 Å². The quantitative estimate of drug-likeness (QED) is 0.574. The van der Waals surface area contributed by atoms with Crippen molar-refractivity contribution in [2.75, 3.05) is 13.1 Å². The average molecular weight is 405 g/mol. The van der Waals surface area contributed by atoms with Crippen LogP contribution in [-0.2, 0) is 14.8 Å². The standard InChI is InChI=1S/C21H24FNO4S/c1-14-4-5-15(2)20(16(14)3)27-21(24)17-10-12-23(13-11-17)28(25,26)19-8-6-18(22)7-9-19/h4-9,17H,10-13H2,1-3H3. The molecular formula is C21H24FNO4S. The fourth-order valence-corrected chi connectivity index (χ4v) is 4.82. The van der Waals surface area contributed by atoms with Gasteiger partial charge in [0.2, 0.25) is 10.0 Å². The minimum atomic E-state index is -3.69. The Morgan fingerprint density at radius 1 is 1.00 bits per heavy atom. The van der Waals surface area contributed by atoms with E-state index in [1.54, 1.807) is 0 Å². The molecule has 150 valence electrons. The van der Waals surface area contributed by atoms with Gasteiger partial charge in [0.1, 0.15) is 11.6 Å². The van der Waals surface area contributed by atoms with E-state index in [9.17, 15) is 17.6 Å². The number of ether oxygens (including phenoxy) is 1. The topological polar surface area (TPSA) is 63.7 Å². The molecular weight excluding hydrogens is 381 g/mol. The maximum absolute atomic E-state index is 13.1. The Labute approximate surface area is 165 Å². The summed E-state index contributed by atoms with van der Waals surface area (Å²) in [7, 11) is -3.69. The van der Waals surface area contributed by atoms with Gasteiger partial charge in [-0.25, -0.2) is 12.8 Å². The number of hydrogen-bond donors (Lipinski definition) is 0. The van der Waals surface area contributed by atoms with Gasteiger partial charge in [0.05, 0.1) is 10.8 Å². The van der Waals surface area contributed by atoms with Crippen LogP contribution in [0.5, 0.6) is 5.75 Å². The maximum Gasteiger partial charge on any atom is 0.314 e. The maximum atomic E-state index is 13.1. The highest BCUT2D eigenvalue weighted by molar-refractivity contribution is 7.89. The second kappa shape index (κ2) is 8.01. The molecule has 0 bridgehead atoms. The van der Waals surface area contributed by atoms with E-state index in [4.69, 9.17) is 4.74 Å². The number of sulfonamides is 1. The Morgan fingerprint density at radius 2 is 1.57 bits per heavy atom. The number of piperidine rings is 1. The van der Waals surface area contributed by atoms with Crippen molar-refractivity contribution in [3.63, 3.8) is 0 Å². The zero-order valence-electron chi connectivity index (χ0n) is 16.2. The van der Waals surface area contributed by atoms with Crippen LogP contribution in [0, 0.1) is 32.5 Å². The molecule has 5 nitrogen and oxygen atoms in total. The summed E-state index contributed by atoms with van der Waals surface area (Å²) in [4.78, 5) is 12.7. The summed E-state index contributed by atoms with van der Waals surface area (Å²) >= 11 is 0. The fourth-order valence-electron chi connectivity index (χ4n) is 3.35. The molecule has 7 heteroatoms. The molecule has 1 heterocycles. The van der Waals surface area contributed by atoms with Crippen LogP contribution < -0.4 is 4.74 Å². The van der Waals surface area contributed by atoms with Crippen LogP contribution in [0.25, 0.3) is 0 Å². The summed E-state index contributed by atoms with van der Waals surface area (Å²) in [5, 5.41) is 0. The van der Waals surface area contributed by atoms with Crippen molar-refractivity contribution in [3.8, 4) is 5.75 Å². The summed E-state index contributed by atoms with van der Waals surface area (Å²) in [6, 6.07) is 8.68. The highest BCUT2D eigenvalue weighted by Crippen LogP contribution is 2.29. The highest BCUT2D eigenvalue weighted by atomic mass is 32.2. The van der Waals surface area contributed by atoms with E-state index in [2.05, 4.69) is 0 Å². The summed E-state index contributed by atoms with van der Waals surface area (Å²) < 4.78 is 45.4. The Kier molecular flexibility index (Phi) is 5.86. The zero-order valence-corrected chi connectivity index (χ0v) is 17.1. The minimum absolute atomic E-state index is 0.0564. The monoisotopic (exact) mass is 405 g/mol. The van der Waals surface area contributed by atoms with E-state index >= 15 is 0 Å². The first-order valence-corrected chi connectivity index (χ1v) is 10.7. The van der Waals surface area contributed by atoms with Gasteiger partial charge >= 0.3 is 5.97 Å². The molecule has 2 aromatic carbocycles. The number of esters is 1. The fraction of sp³-hybridized carbons (Fsp3) is 0.381. The lowest BCUT2D eigenvalue weighted by molar-refractivity contribution is -0.140. The number of carbonyl (C=O) groups is 1. The van der Waals surface area contributed by atoms with Gasteiger partial charge < -0.3 is 4.74 Å². The number of carbonyl (C=O) groups excluding carboxylic acids is 1. The van der Waals surface area contributed by atoms with E-state index in [0.29, 0.717) is 18.6 Å². The number of aryl methyl sites for hydroxylation is 2. The lowest BCUT2D eigenvalue weighted by atomic mass is 9.98. The number of hydrogen-bond acceptors (Lipinski definition) is 4. The molecule has 2 aromatic rings. The lowest BCUT2D eigenvalue weighted by Gasteiger charge is -2.30. The zero-order chi connectivity index (χ0) is 20.5. The van der Waals surface area contributed by atoms with Gasteiger partial charge in [-0.2, -0.15) is 4.31 Å². The Hall–Kier alpha value is -2.25. The summed E-state index contributed by atoms with van der Waals surface area (Å²) in [5.74, 6) is -0.567. The lowest BCUT2D eigenvalue weighted by Crippen LogP contribution is -2.41. The first-order valence-electron chi connectivity index (χ1n) is 9.24. The predicted molar refractivity (Wildman–Crippen MR) is 104 cm³/mol. The molecule has 0 atom stereocenters. The van der Waals surface area contributed by atoms with Gasteiger partial charge in [0.25, 0.3) is 0 Å². The van der Waals surface area contributed by atoms with Crippen LogP contribution in [-0.4, -0.2) is 31.8 Å². The van der Waals surface area contributed by atoms with Gasteiger partial charge in [-0.3, -0.25) is 4.79 Å². The Morgan fingerprint density at radius 3 is 2.18 bits per heavy atom. The van der Waals surface area contributed by atoms with Crippen LogP contribution in [0.4, 0.5) is 4.39 Å². The first kappa shape index (κ1) is 20.5. The van der Waals surface area contributed by atoms with Crippen LogP contribution in [0.1, 0.15) is 29.5 Å². The normalized spacial score (nSPS) is 16.1. The SMILES string of the molecule is Cc1ccc(C)c(OC(=O)C2CCN(S(=O)(=O)c3ccc(F)cc3)CC2)c1C. The molecule has 0 unspecified atom stereocenters. The predicted octanol–water partition coefficient (Wildman–Crippen LogP) is 3.76. The molecule has 0 saturated carbocycles. The van der Waals surface area contributed by atoms with Crippen molar-refractivity contribution in [3.05, 3.63) is 58.9 Å². The van der Waals surface area contributed by atoms with E-state index in [1.165, 1.54) is 16.4 Å². The van der Waals surface area contributed by atoms with Crippen molar-refractivity contribution in [1.82, 2.24) is 4.31 Å². The molecule has 3 rings (SSSR count). The molecule has 0 aromatic heterocycles. The smallest absolute Gasteiger partial charge is 0.314 e. The molecule has 0 spiro atoms. The van der Waals surface area contributed by atoms with E-state index in [0.717, 1.165) is 28.8 Å².